The fraction of sp³-hybridized carbons (Fsp3) is 0.400. The highest BCUT2D eigenvalue weighted by atomic mass is 14.9. The van der Waals surface area contributed by atoms with Crippen LogP contribution in [0.25, 0.3) is 0 Å². The largest absolute Gasteiger partial charge is 0.309 e. The second-order valence-electron chi connectivity index (χ2n) is 6.36. The van der Waals surface area contributed by atoms with E-state index in [9.17, 15) is 0 Å². The molecule has 1 heteroatoms. The minimum atomic E-state index is 0.291. The molecule has 0 amide bonds. The lowest BCUT2D eigenvalue weighted by Gasteiger charge is -2.29. The number of rotatable bonds is 5. The molecule has 1 unspecified atom stereocenters. The van der Waals surface area contributed by atoms with Crippen LogP contribution in [0.2, 0.25) is 0 Å². The van der Waals surface area contributed by atoms with Gasteiger partial charge in [-0.2, -0.15) is 0 Å². The van der Waals surface area contributed by atoms with Crippen LogP contribution < -0.4 is 5.32 Å². The molecule has 0 saturated heterocycles. The summed E-state index contributed by atoms with van der Waals surface area (Å²) in [6, 6.07) is 18.4. The van der Waals surface area contributed by atoms with Crippen molar-refractivity contribution in [2.45, 2.75) is 45.1 Å². The van der Waals surface area contributed by atoms with E-state index in [0.717, 1.165) is 6.54 Å². The van der Waals surface area contributed by atoms with Crippen molar-refractivity contribution in [3.05, 3.63) is 70.8 Å². The van der Waals surface area contributed by atoms with Crippen LogP contribution in [-0.2, 0) is 5.41 Å². The fourth-order valence-corrected chi connectivity index (χ4v) is 3.43. The molecule has 0 heterocycles. The second kappa shape index (κ2) is 5.65. The first kappa shape index (κ1) is 14.3. The average molecular weight is 279 g/mol. The van der Waals surface area contributed by atoms with Crippen LogP contribution in [0.3, 0.4) is 0 Å². The standard InChI is InChI=1S/C20H25N/c1-4-21-19(17-11-10-15(2)16(3)14-17)20(12-13-20)18-8-6-5-7-9-18/h5-11,14,19,21H,4,12-13H2,1-3H3. The smallest absolute Gasteiger partial charge is 0.0418 e. The van der Waals surface area contributed by atoms with E-state index in [1.165, 1.54) is 35.1 Å². The van der Waals surface area contributed by atoms with Gasteiger partial charge in [-0.3, -0.25) is 0 Å². The highest BCUT2D eigenvalue weighted by Crippen LogP contribution is 2.56. The van der Waals surface area contributed by atoms with E-state index in [1.54, 1.807) is 0 Å². The predicted molar refractivity (Wildman–Crippen MR) is 89.7 cm³/mol. The third-order valence-electron chi connectivity index (χ3n) is 4.96. The molecular formula is C20H25N. The van der Waals surface area contributed by atoms with Crippen molar-refractivity contribution in [2.24, 2.45) is 0 Å². The Kier molecular flexibility index (Phi) is 3.86. The minimum absolute atomic E-state index is 0.291. The number of hydrogen-bond donors (Lipinski definition) is 1. The van der Waals surface area contributed by atoms with Gasteiger partial charge in [-0.05, 0) is 55.5 Å². The second-order valence-corrected chi connectivity index (χ2v) is 6.36. The van der Waals surface area contributed by atoms with Crippen LogP contribution in [0.5, 0.6) is 0 Å². The molecule has 1 aliphatic carbocycles. The molecule has 1 atom stereocenters. The van der Waals surface area contributed by atoms with Gasteiger partial charge in [0, 0.05) is 11.5 Å². The zero-order chi connectivity index (χ0) is 14.9. The van der Waals surface area contributed by atoms with Gasteiger partial charge in [-0.1, -0.05) is 55.5 Å². The Hall–Kier alpha value is -1.60. The van der Waals surface area contributed by atoms with Gasteiger partial charge in [0.15, 0.2) is 0 Å². The summed E-state index contributed by atoms with van der Waals surface area (Å²) in [4.78, 5) is 0. The van der Waals surface area contributed by atoms with Crippen molar-refractivity contribution < 1.29 is 0 Å². The zero-order valence-corrected chi connectivity index (χ0v) is 13.3. The van der Waals surface area contributed by atoms with Crippen LogP contribution in [-0.4, -0.2) is 6.54 Å². The number of hydrogen-bond acceptors (Lipinski definition) is 1. The molecule has 1 nitrogen and oxygen atoms in total. The molecule has 21 heavy (non-hydrogen) atoms. The van der Waals surface area contributed by atoms with E-state index in [-0.39, 0.29) is 0 Å². The van der Waals surface area contributed by atoms with E-state index in [0.29, 0.717) is 11.5 Å². The minimum Gasteiger partial charge on any atom is -0.309 e. The van der Waals surface area contributed by atoms with E-state index in [2.05, 4.69) is 74.6 Å². The highest BCUT2D eigenvalue weighted by Gasteiger charge is 2.50. The summed E-state index contributed by atoms with van der Waals surface area (Å²) in [5, 5.41) is 3.75. The predicted octanol–water partition coefficient (Wildman–Crippen LogP) is 4.69. The normalized spacial score (nSPS) is 17.5. The molecule has 1 fully saturated rings. The van der Waals surface area contributed by atoms with Gasteiger partial charge in [0.05, 0.1) is 0 Å². The molecule has 0 radical (unpaired) electrons. The third kappa shape index (κ3) is 2.63. The Labute approximate surface area is 128 Å². The Balaban J connectivity index is 2.00. The Bertz CT molecular complexity index is 611. The summed E-state index contributed by atoms with van der Waals surface area (Å²) in [6.07, 6.45) is 2.56. The molecular weight excluding hydrogens is 254 g/mol. The van der Waals surface area contributed by atoms with Crippen LogP contribution >= 0.6 is 0 Å². The molecule has 1 N–H and O–H groups in total. The summed E-state index contributed by atoms with van der Waals surface area (Å²) >= 11 is 0. The number of likely N-dealkylation sites (N-methyl/N-ethyl adjacent to an activating group) is 1. The first-order valence-electron chi connectivity index (χ1n) is 8.03. The molecule has 3 rings (SSSR count). The van der Waals surface area contributed by atoms with Crippen molar-refractivity contribution in [1.82, 2.24) is 5.32 Å². The fourth-order valence-electron chi connectivity index (χ4n) is 3.43. The molecule has 110 valence electrons. The molecule has 1 saturated carbocycles. The lowest BCUT2D eigenvalue weighted by Crippen LogP contribution is -2.32. The third-order valence-corrected chi connectivity index (χ3v) is 4.96. The molecule has 0 spiro atoms. The topological polar surface area (TPSA) is 12.0 Å². The van der Waals surface area contributed by atoms with Gasteiger partial charge in [0.25, 0.3) is 0 Å². The lowest BCUT2D eigenvalue weighted by atomic mass is 9.83. The van der Waals surface area contributed by atoms with Gasteiger partial charge in [0.1, 0.15) is 0 Å². The van der Waals surface area contributed by atoms with Crippen LogP contribution in [0.1, 0.15) is 48.1 Å². The van der Waals surface area contributed by atoms with Crippen LogP contribution in [0, 0.1) is 13.8 Å². The van der Waals surface area contributed by atoms with E-state index >= 15 is 0 Å². The van der Waals surface area contributed by atoms with Gasteiger partial charge < -0.3 is 5.32 Å². The van der Waals surface area contributed by atoms with E-state index in [1.807, 2.05) is 0 Å². The summed E-state index contributed by atoms with van der Waals surface area (Å²) < 4.78 is 0. The Morgan fingerprint density at radius 2 is 1.71 bits per heavy atom. The van der Waals surface area contributed by atoms with Crippen LogP contribution in [0.4, 0.5) is 0 Å². The van der Waals surface area contributed by atoms with Gasteiger partial charge >= 0.3 is 0 Å². The maximum Gasteiger partial charge on any atom is 0.0418 e. The van der Waals surface area contributed by atoms with Crippen molar-refractivity contribution >= 4 is 0 Å². The summed E-state index contributed by atoms with van der Waals surface area (Å²) in [5.74, 6) is 0. The molecule has 2 aromatic carbocycles. The van der Waals surface area contributed by atoms with E-state index in [4.69, 9.17) is 0 Å². The number of nitrogens with one attached hydrogen (secondary N) is 1. The van der Waals surface area contributed by atoms with Gasteiger partial charge in [0.2, 0.25) is 0 Å². The van der Waals surface area contributed by atoms with Gasteiger partial charge in [-0.15, -0.1) is 0 Å². The summed E-state index contributed by atoms with van der Waals surface area (Å²) in [6.45, 7) is 7.61. The van der Waals surface area contributed by atoms with Crippen molar-refractivity contribution in [2.75, 3.05) is 6.54 Å². The summed E-state index contributed by atoms with van der Waals surface area (Å²) in [5.41, 5.74) is 5.96. The number of benzene rings is 2. The molecule has 2 aromatic rings. The Morgan fingerprint density at radius 3 is 2.29 bits per heavy atom. The highest BCUT2D eigenvalue weighted by molar-refractivity contribution is 5.40. The first-order chi connectivity index (χ1) is 10.2. The average Bonchev–Trinajstić information content (AvgIpc) is 3.30. The van der Waals surface area contributed by atoms with Crippen molar-refractivity contribution in [1.29, 1.82) is 0 Å². The SMILES string of the molecule is CCNC(c1ccc(C)c(C)c1)C1(c2ccccc2)CC1. The van der Waals surface area contributed by atoms with Crippen molar-refractivity contribution in [3.8, 4) is 0 Å². The van der Waals surface area contributed by atoms with Crippen molar-refractivity contribution in [3.63, 3.8) is 0 Å². The van der Waals surface area contributed by atoms with Crippen LogP contribution in [0.15, 0.2) is 48.5 Å². The maximum atomic E-state index is 3.75. The zero-order valence-electron chi connectivity index (χ0n) is 13.3. The molecule has 1 aliphatic rings. The lowest BCUT2D eigenvalue weighted by molar-refractivity contribution is 0.439. The van der Waals surface area contributed by atoms with Gasteiger partial charge in [-0.25, -0.2) is 0 Å². The molecule has 0 aliphatic heterocycles. The molecule has 0 bridgehead atoms. The number of aryl methyl sites for hydroxylation is 2. The Morgan fingerprint density at radius 1 is 1.00 bits per heavy atom. The molecule has 0 aromatic heterocycles. The first-order valence-corrected chi connectivity index (χ1v) is 8.03. The monoisotopic (exact) mass is 279 g/mol. The summed E-state index contributed by atoms with van der Waals surface area (Å²) in [7, 11) is 0. The maximum absolute atomic E-state index is 3.75. The quantitative estimate of drug-likeness (QED) is 0.837. The van der Waals surface area contributed by atoms with E-state index < -0.39 is 0 Å².